The molecule has 3 aromatic rings. The fourth-order valence-corrected chi connectivity index (χ4v) is 2.56. The van der Waals surface area contributed by atoms with Crippen LogP contribution >= 0.6 is 0 Å². The standard InChI is InChI=1S/C18H2F10N2/c19-8-6(9(20)13(24)16(27)12(8)23)5-1-4(2-29)18(30-3-5)7-10(21)14(25)17(28)15(26)11(7)22/h1,3H. The Morgan fingerprint density at radius 1 is 0.567 bits per heavy atom. The average Bonchev–Trinajstić information content (AvgIpc) is 2.74. The van der Waals surface area contributed by atoms with Gasteiger partial charge in [0.1, 0.15) is 6.07 Å². The molecule has 2 aromatic carbocycles. The number of pyridine rings is 1. The summed E-state index contributed by atoms with van der Waals surface area (Å²) < 4.78 is 136. The van der Waals surface area contributed by atoms with E-state index >= 15 is 0 Å². The van der Waals surface area contributed by atoms with Gasteiger partial charge in [-0.1, -0.05) is 0 Å². The Morgan fingerprint density at radius 2 is 0.933 bits per heavy atom. The molecule has 0 atom stereocenters. The van der Waals surface area contributed by atoms with E-state index in [9.17, 15) is 43.9 Å². The molecule has 0 amide bonds. The van der Waals surface area contributed by atoms with Crippen molar-refractivity contribution in [1.29, 1.82) is 5.26 Å². The zero-order chi connectivity index (χ0) is 22.5. The zero-order valence-corrected chi connectivity index (χ0v) is 13.8. The van der Waals surface area contributed by atoms with Crippen molar-refractivity contribution < 1.29 is 43.9 Å². The highest BCUT2D eigenvalue weighted by Gasteiger charge is 2.30. The molecular formula is C18H2F10N2. The van der Waals surface area contributed by atoms with Crippen molar-refractivity contribution in [2.24, 2.45) is 0 Å². The van der Waals surface area contributed by atoms with Crippen molar-refractivity contribution >= 4 is 0 Å². The molecule has 0 aliphatic carbocycles. The van der Waals surface area contributed by atoms with E-state index in [4.69, 9.17) is 5.26 Å². The molecule has 0 saturated heterocycles. The summed E-state index contributed by atoms with van der Waals surface area (Å²) in [4.78, 5) is 3.26. The highest BCUT2D eigenvalue weighted by molar-refractivity contribution is 5.74. The number of nitriles is 1. The van der Waals surface area contributed by atoms with Gasteiger partial charge in [0.2, 0.25) is 11.6 Å². The molecule has 1 aromatic heterocycles. The SMILES string of the molecule is N#Cc1cc(-c2c(F)c(F)c(F)c(F)c2F)cnc1-c1c(F)c(F)c(F)c(F)c1F. The van der Waals surface area contributed by atoms with E-state index in [1.54, 1.807) is 0 Å². The number of aromatic nitrogens is 1. The van der Waals surface area contributed by atoms with Crippen LogP contribution in [0.4, 0.5) is 43.9 Å². The van der Waals surface area contributed by atoms with Crippen LogP contribution in [0.15, 0.2) is 12.3 Å². The zero-order valence-electron chi connectivity index (χ0n) is 13.8. The maximum absolute atomic E-state index is 14.0. The number of benzene rings is 2. The second-order valence-electron chi connectivity index (χ2n) is 5.62. The molecule has 3 rings (SSSR count). The number of hydrogen-bond donors (Lipinski definition) is 0. The third-order valence-electron chi connectivity index (χ3n) is 3.95. The van der Waals surface area contributed by atoms with Crippen LogP contribution in [0.25, 0.3) is 22.4 Å². The van der Waals surface area contributed by atoms with Crippen LogP contribution < -0.4 is 0 Å². The molecule has 0 aliphatic heterocycles. The van der Waals surface area contributed by atoms with E-state index < -0.39 is 86.1 Å². The van der Waals surface area contributed by atoms with Crippen molar-refractivity contribution in [3.05, 3.63) is 76.0 Å². The van der Waals surface area contributed by atoms with E-state index in [0.717, 1.165) is 0 Å². The van der Waals surface area contributed by atoms with Gasteiger partial charge in [0.05, 0.1) is 22.4 Å². The van der Waals surface area contributed by atoms with Crippen LogP contribution in [0.3, 0.4) is 0 Å². The van der Waals surface area contributed by atoms with Crippen LogP contribution in [0.5, 0.6) is 0 Å². The minimum Gasteiger partial charge on any atom is -0.254 e. The van der Waals surface area contributed by atoms with Crippen molar-refractivity contribution in [2.45, 2.75) is 0 Å². The molecule has 0 saturated carbocycles. The van der Waals surface area contributed by atoms with Crippen molar-refractivity contribution in [3.63, 3.8) is 0 Å². The lowest BCUT2D eigenvalue weighted by atomic mass is 9.99. The van der Waals surface area contributed by atoms with Crippen LogP contribution in [0, 0.1) is 69.5 Å². The Bertz CT molecular complexity index is 1210. The van der Waals surface area contributed by atoms with E-state index in [0.29, 0.717) is 12.3 Å². The van der Waals surface area contributed by atoms with E-state index in [2.05, 4.69) is 4.98 Å². The van der Waals surface area contributed by atoms with Gasteiger partial charge in [0.15, 0.2) is 46.5 Å². The summed E-state index contributed by atoms with van der Waals surface area (Å²) in [6.45, 7) is 0. The molecule has 30 heavy (non-hydrogen) atoms. The van der Waals surface area contributed by atoms with Gasteiger partial charge in [-0.25, -0.2) is 43.9 Å². The van der Waals surface area contributed by atoms with Gasteiger partial charge in [-0.05, 0) is 6.07 Å². The van der Waals surface area contributed by atoms with Gasteiger partial charge in [-0.15, -0.1) is 0 Å². The van der Waals surface area contributed by atoms with Crippen molar-refractivity contribution in [1.82, 2.24) is 4.98 Å². The second-order valence-corrected chi connectivity index (χ2v) is 5.62. The molecule has 0 radical (unpaired) electrons. The third kappa shape index (κ3) is 2.94. The molecule has 0 unspecified atom stereocenters. The van der Waals surface area contributed by atoms with Gasteiger partial charge >= 0.3 is 0 Å². The fourth-order valence-electron chi connectivity index (χ4n) is 2.56. The Morgan fingerprint density at radius 3 is 1.33 bits per heavy atom. The van der Waals surface area contributed by atoms with E-state index in [-0.39, 0.29) is 0 Å². The molecule has 0 fully saturated rings. The van der Waals surface area contributed by atoms with Crippen LogP contribution in [-0.2, 0) is 0 Å². The van der Waals surface area contributed by atoms with Crippen molar-refractivity contribution in [3.8, 4) is 28.5 Å². The summed E-state index contributed by atoms with van der Waals surface area (Å²) in [7, 11) is 0. The molecule has 154 valence electrons. The predicted molar refractivity (Wildman–Crippen MR) is 79.4 cm³/mol. The van der Waals surface area contributed by atoms with Crippen LogP contribution in [0.1, 0.15) is 5.56 Å². The first-order valence-electron chi connectivity index (χ1n) is 7.46. The van der Waals surface area contributed by atoms with Gasteiger partial charge in [0, 0.05) is 11.8 Å². The molecular weight excluding hydrogens is 434 g/mol. The minimum absolute atomic E-state index is 0.340. The lowest BCUT2D eigenvalue weighted by Crippen LogP contribution is -2.07. The Balaban J connectivity index is 2.33. The summed E-state index contributed by atoms with van der Waals surface area (Å²) in [5, 5.41) is 9.13. The average molecular weight is 436 g/mol. The number of nitrogens with zero attached hydrogens (tertiary/aromatic N) is 2. The minimum atomic E-state index is -2.48. The van der Waals surface area contributed by atoms with Gasteiger partial charge in [-0.3, -0.25) is 4.98 Å². The van der Waals surface area contributed by atoms with Gasteiger partial charge < -0.3 is 0 Å². The highest BCUT2D eigenvalue weighted by atomic mass is 19.2. The van der Waals surface area contributed by atoms with Gasteiger partial charge in [0.25, 0.3) is 0 Å². The molecule has 12 heteroatoms. The summed E-state index contributed by atoms with van der Waals surface area (Å²) in [5.41, 5.74) is -6.10. The molecule has 1 heterocycles. The third-order valence-corrected chi connectivity index (χ3v) is 3.95. The molecule has 0 spiro atoms. The lowest BCUT2D eigenvalue weighted by Gasteiger charge is -2.12. The Hall–Kier alpha value is -3.62. The first-order chi connectivity index (χ1) is 14.0. The molecule has 0 N–H and O–H groups in total. The number of rotatable bonds is 2. The molecule has 0 bridgehead atoms. The summed E-state index contributed by atoms with van der Waals surface area (Å²) >= 11 is 0. The topological polar surface area (TPSA) is 36.7 Å². The Labute approximate surface area is 159 Å². The van der Waals surface area contributed by atoms with E-state index in [1.807, 2.05) is 0 Å². The van der Waals surface area contributed by atoms with Gasteiger partial charge in [-0.2, -0.15) is 5.26 Å². The van der Waals surface area contributed by atoms with Crippen LogP contribution in [0.2, 0.25) is 0 Å². The maximum atomic E-state index is 14.0. The van der Waals surface area contributed by atoms with Crippen LogP contribution in [-0.4, -0.2) is 4.98 Å². The summed E-state index contributed by atoms with van der Waals surface area (Å²) in [6.07, 6.45) is 0.340. The maximum Gasteiger partial charge on any atom is 0.200 e. The Kier molecular flexibility index (Phi) is 5.15. The smallest absolute Gasteiger partial charge is 0.200 e. The quantitative estimate of drug-likeness (QED) is 0.295. The van der Waals surface area contributed by atoms with E-state index in [1.165, 1.54) is 6.07 Å². The largest absolute Gasteiger partial charge is 0.254 e. The monoisotopic (exact) mass is 436 g/mol. The summed E-state index contributed by atoms with van der Waals surface area (Å²) in [6, 6.07) is 1.67. The first-order valence-corrected chi connectivity index (χ1v) is 7.46. The van der Waals surface area contributed by atoms with Crippen molar-refractivity contribution in [2.75, 3.05) is 0 Å². The predicted octanol–water partition coefficient (Wildman–Crippen LogP) is 5.68. The normalized spacial score (nSPS) is 11.0. The summed E-state index contributed by atoms with van der Waals surface area (Å²) in [5.74, 6) is -23.5. The highest BCUT2D eigenvalue weighted by Crippen LogP contribution is 2.36. The molecule has 0 aliphatic rings. The fraction of sp³-hybridized carbons (Fsp3) is 0. The second kappa shape index (κ2) is 7.33. The number of hydrogen-bond acceptors (Lipinski definition) is 2. The number of halogens is 10. The lowest BCUT2D eigenvalue weighted by molar-refractivity contribution is 0.381. The molecule has 2 nitrogen and oxygen atoms in total. The first kappa shape index (κ1) is 21.1.